The van der Waals surface area contributed by atoms with Crippen molar-refractivity contribution in [1.29, 1.82) is 0 Å². The second-order valence-electron chi connectivity index (χ2n) is 10.2. The Bertz CT molecular complexity index is 1140. The number of methoxy groups -OCH3 is 2. The maximum Gasteiger partial charge on any atom is 0.254 e. The smallest absolute Gasteiger partial charge is 0.254 e. The lowest BCUT2D eigenvalue weighted by atomic mass is 9.49. The minimum absolute atomic E-state index is 0.156. The maximum absolute atomic E-state index is 5.54. The Hall–Kier alpha value is -2.83. The van der Waals surface area contributed by atoms with Crippen molar-refractivity contribution in [3.05, 3.63) is 41.3 Å². The van der Waals surface area contributed by atoms with Crippen LogP contribution in [-0.2, 0) is 12.0 Å². The highest BCUT2D eigenvalue weighted by atomic mass is 16.5. The van der Waals surface area contributed by atoms with Gasteiger partial charge in [0.05, 0.1) is 14.2 Å². The van der Waals surface area contributed by atoms with E-state index in [0.717, 1.165) is 52.2 Å². The van der Waals surface area contributed by atoms with Gasteiger partial charge in [-0.25, -0.2) is 4.98 Å². The molecule has 7 heteroatoms. The average molecular weight is 434 g/mol. The molecule has 0 unspecified atom stereocenters. The molecule has 4 saturated carbocycles. The molecule has 7 nitrogen and oxygen atoms in total. The number of benzene rings is 1. The number of aromatic nitrogens is 4. The lowest BCUT2D eigenvalue weighted by Gasteiger charge is -2.55. The molecule has 168 valence electrons. The molecular formula is C25H31N5O2. The van der Waals surface area contributed by atoms with Crippen LogP contribution in [-0.4, -0.2) is 33.8 Å². The third-order valence-electron chi connectivity index (χ3n) is 7.90. The predicted molar refractivity (Wildman–Crippen MR) is 122 cm³/mol. The zero-order valence-electron chi connectivity index (χ0n) is 19.1. The number of anilines is 1. The van der Waals surface area contributed by atoms with Gasteiger partial charge >= 0.3 is 0 Å². The fourth-order valence-electron chi connectivity index (χ4n) is 6.93. The first-order chi connectivity index (χ1) is 15.5. The SMILES string of the molecule is COc1ccc(OC)c(CNc2cc(C)nc3nc(C45CC6CC(CC(C6)C4)C5)nn23)c1. The van der Waals surface area contributed by atoms with Gasteiger partial charge in [-0.15, -0.1) is 5.10 Å². The number of rotatable bonds is 6. The first-order valence-corrected chi connectivity index (χ1v) is 11.7. The van der Waals surface area contributed by atoms with Gasteiger partial charge in [0.1, 0.15) is 17.3 Å². The van der Waals surface area contributed by atoms with Crippen LogP contribution in [0.1, 0.15) is 55.6 Å². The van der Waals surface area contributed by atoms with Crippen molar-refractivity contribution in [3.63, 3.8) is 0 Å². The van der Waals surface area contributed by atoms with E-state index in [1.165, 1.54) is 38.5 Å². The Morgan fingerprint density at radius 3 is 2.38 bits per heavy atom. The molecule has 7 rings (SSSR count). The van der Waals surface area contributed by atoms with E-state index >= 15 is 0 Å². The van der Waals surface area contributed by atoms with Crippen molar-refractivity contribution in [3.8, 4) is 11.5 Å². The summed E-state index contributed by atoms with van der Waals surface area (Å²) in [5, 5.41) is 8.60. The molecule has 0 aliphatic heterocycles. The summed E-state index contributed by atoms with van der Waals surface area (Å²) in [5.41, 5.74) is 2.11. The summed E-state index contributed by atoms with van der Waals surface area (Å²) in [6.07, 6.45) is 7.99. The molecule has 32 heavy (non-hydrogen) atoms. The summed E-state index contributed by atoms with van der Waals surface area (Å²) in [7, 11) is 3.37. The van der Waals surface area contributed by atoms with Gasteiger partial charge < -0.3 is 14.8 Å². The van der Waals surface area contributed by atoms with Gasteiger partial charge in [-0.3, -0.25) is 0 Å². The first kappa shape index (κ1) is 19.8. The number of nitrogens with zero attached hydrogens (tertiary/aromatic N) is 4. The summed E-state index contributed by atoms with van der Waals surface area (Å²) in [6.45, 7) is 2.60. The summed E-state index contributed by atoms with van der Waals surface area (Å²) in [6, 6.07) is 7.88. The van der Waals surface area contributed by atoms with Crippen molar-refractivity contribution in [1.82, 2.24) is 19.6 Å². The number of hydrogen-bond donors (Lipinski definition) is 1. The molecule has 4 fully saturated rings. The fraction of sp³-hybridized carbons (Fsp3) is 0.560. The largest absolute Gasteiger partial charge is 0.497 e. The van der Waals surface area contributed by atoms with Gasteiger partial charge in [0.2, 0.25) is 0 Å². The average Bonchev–Trinajstić information content (AvgIpc) is 3.21. The zero-order valence-corrected chi connectivity index (χ0v) is 19.1. The highest BCUT2D eigenvalue weighted by molar-refractivity contribution is 5.48. The van der Waals surface area contributed by atoms with Crippen molar-refractivity contribution in [2.75, 3.05) is 19.5 Å². The molecule has 1 N–H and O–H groups in total. The quantitative estimate of drug-likeness (QED) is 0.616. The third kappa shape index (κ3) is 3.21. The molecule has 4 aliphatic carbocycles. The summed E-state index contributed by atoms with van der Waals surface area (Å²) in [5.74, 6) is 6.83. The number of fused-ring (bicyclic) bond motifs is 1. The molecule has 1 aromatic carbocycles. The van der Waals surface area contributed by atoms with Crippen LogP contribution >= 0.6 is 0 Å². The molecule has 2 heterocycles. The van der Waals surface area contributed by atoms with Crippen LogP contribution in [0.3, 0.4) is 0 Å². The first-order valence-electron chi connectivity index (χ1n) is 11.7. The van der Waals surface area contributed by atoms with Crippen LogP contribution < -0.4 is 14.8 Å². The number of ether oxygens (including phenoxy) is 2. The van der Waals surface area contributed by atoms with Gasteiger partial charge in [-0.2, -0.15) is 9.50 Å². The van der Waals surface area contributed by atoms with E-state index in [4.69, 9.17) is 24.5 Å². The minimum atomic E-state index is 0.156. The molecular weight excluding hydrogens is 402 g/mol. The third-order valence-corrected chi connectivity index (χ3v) is 7.90. The lowest BCUT2D eigenvalue weighted by molar-refractivity contribution is -0.00925. The van der Waals surface area contributed by atoms with Crippen molar-refractivity contribution in [2.45, 2.75) is 57.4 Å². The molecule has 4 bridgehead atoms. The van der Waals surface area contributed by atoms with Gasteiger partial charge in [0, 0.05) is 29.3 Å². The second-order valence-corrected chi connectivity index (χ2v) is 10.2. The Kier molecular flexibility index (Phi) is 4.56. The van der Waals surface area contributed by atoms with E-state index < -0.39 is 0 Å². The molecule has 4 aliphatic rings. The monoisotopic (exact) mass is 433 g/mol. The molecule has 3 aromatic rings. The van der Waals surface area contributed by atoms with Crippen LogP contribution in [0.4, 0.5) is 5.82 Å². The Morgan fingerprint density at radius 2 is 1.72 bits per heavy atom. The summed E-state index contributed by atoms with van der Waals surface area (Å²) >= 11 is 0. The van der Waals surface area contributed by atoms with E-state index in [-0.39, 0.29) is 5.41 Å². The topological polar surface area (TPSA) is 73.6 Å². The van der Waals surface area contributed by atoms with Crippen molar-refractivity contribution >= 4 is 11.6 Å². The molecule has 0 spiro atoms. The van der Waals surface area contributed by atoms with E-state index in [1.807, 2.05) is 35.7 Å². The highest BCUT2D eigenvalue weighted by Crippen LogP contribution is 2.60. The van der Waals surface area contributed by atoms with E-state index in [0.29, 0.717) is 12.3 Å². The van der Waals surface area contributed by atoms with Gasteiger partial charge in [0.15, 0.2) is 5.82 Å². The Labute approximate surface area is 188 Å². The van der Waals surface area contributed by atoms with Crippen LogP contribution in [0.25, 0.3) is 5.78 Å². The fourth-order valence-corrected chi connectivity index (χ4v) is 6.93. The molecule has 2 aromatic heterocycles. The molecule has 0 saturated heterocycles. The van der Waals surface area contributed by atoms with Crippen LogP contribution in [0.5, 0.6) is 11.5 Å². The number of hydrogen-bond acceptors (Lipinski definition) is 6. The second kappa shape index (κ2) is 7.36. The Balaban J connectivity index is 1.33. The van der Waals surface area contributed by atoms with Gasteiger partial charge in [0.25, 0.3) is 5.78 Å². The van der Waals surface area contributed by atoms with Crippen molar-refractivity contribution in [2.24, 2.45) is 17.8 Å². The van der Waals surface area contributed by atoms with E-state index in [1.54, 1.807) is 14.2 Å². The van der Waals surface area contributed by atoms with Crippen LogP contribution in [0.2, 0.25) is 0 Å². The van der Waals surface area contributed by atoms with E-state index in [2.05, 4.69) is 5.32 Å². The van der Waals surface area contributed by atoms with Gasteiger partial charge in [-0.05, 0) is 81.4 Å². The number of nitrogens with one attached hydrogen (secondary N) is 1. The predicted octanol–water partition coefficient (Wildman–Crippen LogP) is 4.53. The normalized spacial score (nSPS) is 28.3. The highest BCUT2D eigenvalue weighted by Gasteiger charge is 2.53. The number of aryl methyl sites for hydroxylation is 1. The lowest BCUT2D eigenvalue weighted by Crippen LogP contribution is -2.49. The zero-order chi connectivity index (χ0) is 21.9. The minimum Gasteiger partial charge on any atom is -0.497 e. The van der Waals surface area contributed by atoms with E-state index in [9.17, 15) is 0 Å². The summed E-state index contributed by atoms with van der Waals surface area (Å²) in [4.78, 5) is 9.70. The molecule has 0 atom stereocenters. The standard InChI is InChI=1S/C25H31N5O2/c1-15-6-22(26-14-19-10-20(31-2)4-5-21(19)32-3)30-24(27-15)28-23(29-30)25-11-16-7-17(12-25)9-18(8-16)13-25/h4-6,10,16-18,26H,7-9,11-14H2,1-3H3. The Morgan fingerprint density at radius 1 is 1.00 bits per heavy atom. The van der Waals surface area contributed by atoms with Crippen LogP contribution in [0.15, 0.2) is 24.3 Å². The van der Waals surface area contributed by atoms with Gasteiger partial charge in [-0.1, -0.05) is 0 Å². The van der Waals surface area contributed by atoms with Crippen LogP contribution in [0, 0.1) is 24.7 Å². The molecule has 0 amide bonds. The van der Waals surface area contributed by atoms with Crippen molar-refractivity contribution < 1.29 is 9.47 Å². The molecule has 0 radical (unpaired) electrons. The summed E-state index contributed by atoms with van der Waals surface area (Å²) < 4.78 is 12.8. The maximum atomic E-state index is 5.54.